The van der Waals surface area contributed by atoms with Crippen molar-refractivity contribution in [3.8, 4) is 0 Å². The highest BCUT2D eigenvalue weighted by atomic mass is 19.1. The molecule has 3 aromatic rings. The van der Waals surface area contributed by atoms with Gasteiger partial charge < -0.3 is 15.7 Å². The van der Waals surface area contributed by atoms with Gasteiger partial charge in [0.15, 0.2) is 0 Å². The summed E-state index contributed by atoms with van der Waals surface area (Å²) in [7, 11) is 0. The molecule has 3 N–H and O–H groups in total. The molecule has 0 aliphatic carbocycles. The van der Waals surface area contributed by atoms with Crippen molar-refractivity contribution >= 4 is 17.6 Å². The molecule has 1 aromatic heterocycles. The number of halogens is 2. The van der Waals surface area contributed by atoms with Crippen molar-refractivity contribution in [2.24, 2.45) is 0 Å². The minimum Gasteiger partial charge on any atom is -0.386 e. The maximum Gasteiger partial charge on any atom is 0.314 e. The Morgan fingerprint density at radius 3 is 2.31 bits per heavy atom. The van der Waals surface area contributed by atoms with E-state index in [-0.39, 0.29) is 0 Å². The Hall–Kier alpha value is -3.59. The molecule has 32 heavy (non-hydrogen) atoms. The average Bonchev–Trinajstić information content (AvgIpc) is 3.18. The fourth-order valence-electron chi connectivity index (χ4n) is 3.12. The SMILES string of the molecule is CC(C)c1ccc(Cn2nccc2NC(=O)C(=O)NC[C@@H](O)c2c(F)cccc2F)cc1. The number of aliphatic hydroxyl groups is 1. The topological polar surface area (TPSA) is 96.2 Å². The van der Waals surface area contributed by atoms with E-state index in [0.29, 0.717) is 18.3 Å². The van der Waals surface area contributed by atoms with Gasteiger partial charge in [0.05, 0.1) is 18.3 Å². The predicted octanol–water partition coefficient (Wildman–Crippen LogP) is 3.12. The summed E-state index contributed by atoms with van der Waals surface area (Å²) in [6.45, 7) is 4.06. The van der Waals surface area contributed by atoms with Gasteiger partial charge in [-0.3, -0.25) is 9.59 Å². The van der Waals surface area contributed by atoms with Gasteiger partial charge in [0, 0.05) is 12.6 Å². The average molecular weight is 442 g/mol. The van der Waals surface area contributed by atoms with E-state index >= 15 is 0 Å². The third-order valence-corrected chi connectivity index (χ3v) is 4.93. The lowest BCUT2D eigenvalue weighted by Gasteiger charge is -2.14. The molecule has 0 unspecified atom stereocenters. The van der Waals surface area contributed by atoms with Crippen LogP contribution in [0, 0.1) is 11.6 Å². The van der Waals surface area contributed by atoms with E-state index in [4.69, 9.17) is 0 Å². The molecule has 0 aliphatic heterocycles. The summed E-state index contributed by atoms with van der Waals surface area (Å²) in [6.07, 6.45) is -0.159. The van der Waals surface area contributed by atoms with E-state index in [1.54, 1.807) is 0 Å². The number of aromatic nitrogens is 2. The number of hydrogen-bond acceptors (Lipinski definition) is 4. The number of carbonyl (C=O) groups excluding carboxylic acids is 2. The first-order valence-electron chi connectivity index (χ1n) is 10.1. The predicted molar refractivity (Wildman–Crippen MR) is 115 cm³/mol. The molecule has 0 spiro atoms. The molecule has 7 nitrogen and oxygen atoms in total. The van der Waals surface area contributed by atoms with Crippen LogP contribution in [0.5, 0.6) is 0 Å². The number of anilines is 1. The normalized spacial score (nSPS) is 11.9. The Labute approximate surface area is 184 Å². The van der Waals surface area contributed by atoms with Gasteiger partial charge >= 0.3 is 11.8 Å². The number of carbonyl (C=O) groups is 2. The van der Waals surface area contributed by atoms with Crippen molar-refractivity contribution in [2.45, 2.75) is 32.4 Å². The molecule has 168 valence electrons. The summed E-state index contributed by atoms with van der Waals surface area (Å²) in [5.74, 6) is -3.23. The van der Waals surface area contributed by atoms with Gasteiger partial charge in [0.2, 0.25) is 0 Å². The van der Waals surface area contributed by atoms with Crippen molar-refractivity contribution in [3.63, 3.8) is 0 Å². The quantitative estimate of drug-likeness (QED) is 0.490. The van der Waals surface area contributed by atoms with Crippen molar-refractivity contribution in [1.82, 2.24) is 15.1 Å². The van der Waals surface area contributed by atoms with Gasteiger partial charge in [0.25, 0.3) is 0 Å². The lowest BCUT2D eigenvalue weighted by molar-refractivity contribution is -0.136. The number of benzene rings is 2. The molecular weight excluding hydrogens is 418 g/mol. The second-order valence-corrected chi connectivity index (χ2v) is 7.59. The Morgan fingerprint density at radius 2 is 1.69 bits per heavy atom. The zero-order chi connectivity index (χ0) is 23.3. The number of nitrogens with zero attached hydrogens (tertiary/aromatic N) is 2. The molecule has 0 saturated carbocycles. The summed E-state index contributed by atoms with van der Waals surface area (Å²) in [4.78, 5) is 24.3. The van der Waals surface area contributed by atoms with Crippen LogP contribution in [-0.4, -0.2) is 33.2 Å². The van der Waals surface area contributed by atoms with E-state index in [9.17, 15) is 23.5 Å². The van der Waals surface area contributed by atoms with Gasteiger partial charge in [-0.2, -0.15) is 5.10 Å². The Kier molecular flexibility index (Phi) is 7.32. The first-order valence-corrected chi connectivity index (χ1v) is 10.1. The van der Waals surface area contributed by atoms with Crippen LogP contribution >= 0.6 is 0 Å². The molecule has 3 rings (SSSR count). The molecule has 0 aliphatic rings. The van der Waals surface area contributed by atoms with E-state index in [0.717, 1.165) is 23.8 Å². The molecule has 0 bridgehead atoms. The van der Waals surface area contributed by atoms with Crippen LogP contribution in [0.4, 0.5) is 14.6 Å². The monoisotopic (exact) mass is 442 g/mol. The lowest BCUT2D eigenvalue weighted by Crippen LogP contribution is -2.38. The van der Waals surface area contributed by atoms with Crippen LogP contribution in [0.3, 0.4) is 0 Å². The van der Waals surface area contributed by atoms with Crippen molar-refractivity contribution in [3.05, 3.63) is 83.1 Å². The van der Waals surface area contributed by atoms with Gasteiger partial charge in [-0.25, -0.2) is 13.5 Å². The lowest BCUT2D eigenvalue weighted by atomic mass is 10.0. The summed E-state index contributed by atoms with van der Waals surface area (Å²) in [5, 5.41) is 18.8. The molecule has 2 aromatic carbocycles. The second-order valence-electron chi connectivity index (χ2n) is 7.59. The minimum absolute atomic E-state index is 0.304. The summed E-state index contributed by atoms with van der Waals surface area (Å²) >= 11 is 0. The molecule has 0 radical (unpaired) electrons. The van der Waals surface area contributed by atoms with Crippen LogP contribution in [0.1, 0.15) is 42.6 Å². The zero-order valence-corrected chi connectivity index (χ0v) is 17.7. The fourth-order valence-corrected chi connectivity index (χ4v) is 3.12. The van der Waals surface area contributed by atoms with Crippen LogP contribution in [0.15, 0.2) is 54.7 Å². The van der Waals surface area contributed by atoms with E-state index < -0.39 is 41.7 Å². The number of amides is 2. The highest BCUT2D eigenvalue weighted by molar-refractivity contribution is 6.39. The van der Waals surface area contributed by atoms with Gasteiger partial charge in [0.1, 0.15) is 23.6 Å². The van der Waals surface area contributed by atoms with E-state index in [1.165, 1.54) is 22.5 Å². The Morgan fingerprint density at radius 1 is 1.03 bits per heavy atom. The maximum atomic E-state index is 13.7. The summed E-state index contributed by atoms with van der Waals surface area (Å²) < 4.78 is 29.0. The van der Waals surface area contributed by atoms with E-state index in [1.807, 2.05) is 24.3 Å². The first-order chi connectivity index (χ1) is 15.3. The molecule has 1 heterocycles. The van der Waals surface area contributed by atoms with Crippen LogP contribution < -0.4 is 10.6 Å². The zero-order valence-electron chi connectivity index (χ0n) is 17.7. The number of nitrogens with one attached hydrogen (secondary N) is 2. The highest BCUT2D eigenvalue weighted by Gasteiger charge is 2.21. The number of hydrogen-bond donors (Lipinski definition) is 3. The van der Waals surface area contributed by atoms with E-state index in [2.05, 4.69) is 29.6 Å². The fraction of sp³-hybridized carbons (Fsp3) is 0.261. The minimum atomic E-state index is -1.65. The molecule has 2 amide bonds. The summed E-state index contributed by atoms with van der Waals surface area (Å²) in [6, 6.07) is 12.7. The molecule has 9 heteroatoms. The Balaban J connectivity index is 1.58. The largest absolute Gasteiger partial charge is 0.386 e. The van der Waals surface area contributed by atoms with Crippen molar-refractivity contribution < 1.29 is 23.5 Å². The number of rotatable bonds is 7. The number of aliphatic hydroxyl groups excluding tert-OH is 1. The molecule has 0 fully saturated rings. The molecular formula is C23H24F2N4O3. The van der Waals surface area contributed by atoms with Gasteiger partial charge in [-0.1, -0.05) is 44.2 Å². The van der Waals surface area contributed by atoms with Gasteiger partial charge in [-0.15, -0.1) is 0 Å². The second kappa shape index (κ2) is 10.1. The van der Waals surface area contributed by atoms with Crippen LogP contribution in [-0.2, 0) is 16.1 Å². The van der Waals surface area contributed by atoms with Crippen LogP contribution in [0.25, 0.3) is 0 Å². The van der Waals surface area contributed by atoms with Gasteiger partial charge in [-0.05, 0) is 29.2 Å². The summed E-state index contributed by atoms with van der Waals surface area (Å²) in [5.41, 5.74) is 1.60. The molecule has 0 saturated heterocycles. The van der Waals surface area contributed by atoms with Crippen molar-refractivity contribution in [2.75, 3.05) is 11.9 Å². The highest BCUT2D eigenvalue weighted by Crippen LogP contribution is 2.20. The van der Waals surface area contributed by atoms with Crippen molar-refractivity contribution in [1.29, 1.82) is 0 Å². The molecule has 1 atom stereocenters. The Bertz CT molecular complexity index is 1080. The standard InChI is InChI=1S/C23H24F2N4O3/c1-14(2)16-8-6-15(7-9-16)13-29-20(10-11-27-29)28-23(32)22(31)26-12-19(30)21-17(24)4-3-5-18(21)25/h3-11,14,19,30H,12-13H2,1-2H3,(H,26,31)(H,28,32)/t19-/m1/s1. The van der Waals surface area contributed by atoms with Crippen LogP contribution in [0.2, 0.25) is 0 Å². The maximum absolute atomic E-state index is 13.7. The smallest absolute Gasteiger partial charge is 0.314 e. The third-order valence-electron chi connectivity index (χ3n) is 4.93. The third kappa shape index (κ3) is 5.55. The first kappa shape index (κ1) is 23.1.